The van der Waals surface area contributed by atoms with E-state index in [1.54, 1.807) is 0 Å². The first-order chi connectivity index (χ1) is 12.5. The van der Waals surface area contributed by atoms with E-state index >= 15 is 0 Å². The number of carbonyl (C=O) groups is 2. The summed E-state index contributed by atoms with van der Waals surface area (Å²) in [6.45, 7) is 4.23. The van der Waals surface area contributed by atoms with Gasteiger partial charge in [-0.05, 0) is 61.4 Å². The summed E-state index contributed by atoms with van der Waals surface area (Å²) in [4.78, 5) is 23.7. The molecule has 0 aliphatic rings. The quantitative estimate of drug-likeness (QED) is 0.410. The van der Waals surface area contributed by atoms with E-state index in [9.17, 15) is 9.59 Å². The zero-order valence-electron chi connectivity index (χ0n) is 15.1. The number of hydrogen-bond donors (Lipinski definition) is 0. The maximum atomic E-state index is 11.9. The molecular weight excluding hydrogens is 336 g/mol. The third-order valence-electron chi connectivity index (χ3n) is 3.39. The molecule has 0 amide bonds. The molecule has 0 atom stereocenters. The average Bonchev–Trinajstić information content (AvgIpc) is 2.60. The van der Waals surface area contributed by atoms with E-state index in [1.165, 1.54) is 31.4 Å². The van der Waals surface area contributed by atoms with Gasteiger partial charge in [-0.2, -0.15) is 0 Å². The SMILES string of the molecule is COCCOC(=O)c1ccc(OC(=O)COc2cc(C)cc(C)c2)cc1. The van der Waals surface area contributed by atoms with Crippen LogP contribution in [0, 0.1) is 13.8 Å². The number of esters is 2. The first-order valence-electron chi connectivity index (χ1n) is 8.16. The molecular formula is C20H22O6. The van der Waals surface area contributed by atoms with E-state index < -0.39 is 11.9 Å². The lowest BCUT2D eigenvalue weighted by molar-refractivity contribution is -0.136. The van der Waals surface area contributed by atoms with Crippen molar-refractivity contribution in [2.45, 2.75) is 13.8 Å². The van der Waals surface area contributed by atoms with Crippen LogP contribution in [-0.4, -0.2) is 38.9 Å². The Morgan fingerprint density at radius 1 is 0.885 bits per heavy atom. The molecule has 0 aliphatic heterocycles. The van der Waals surface area contributed by atoms with Crippen LogP contribution in [0.15, 0.2) is 42.5 Å². The van der Waals surface area contributed by atoms with E-state index in [-0.39, 0.29) is 13.2 Å². The van der Waals surface area contributed by atoms with Gasteiger partial charge in [0.15, 0.2) is 6.61 Å². The zero-order chi connectivity index (χ0) is 18.9. The van der Waals surface area contributed by atoms with Crippen molar-refractivity contribution in [1.29, 1.82) is 0 Å². The van der Waals surface area contributed by atoms with Crippen molar-refractivity contribution in [3.05, 3.63) is 59.2 Å². The van der Waals surface area contributed by atoms with Gasteiger partial charge in [0, 0.05) is 7.11 Å². The molecule has 0 saturated carbocycles. The van der Waals surface area contributed by atoms with Crippen LogP contribution < -0.4 is 9.47 Å². The Morgan fingerprint density at radius 2 is 1.54 bits per heavy atom. The van der Waals surface area contributed by atoms with Crippen molar-refractivity contribution in [2.24, 2.45) is 0 Å². The minimum Gasteiger partial charge on any atom is -0.482 e. The fraction of sp³-hybridized carbons (Fsp3) is 0.300. The van der Waals surface area contributed by atoms with Crippen LogP contribution in [0.25, 0.3) is 0 Å². The van der Waals surface area contributed by atoms with Gasteiger partial charge in [-0.25, -0.2) is 9.59 Å². The molecule has 0 saturated heterocycles. The van der Waals surface area contributed by atoms with Gasteiger partial charge in [0.2, 0.25) is 0 Å². The van der Waals surface area contributed by atoms with Gasteiger partial charge >= 0.3 is 11.9 Å². The fourth-order valence-electron chi connectivity index (χ4n) is 2.28. The number of hydrogen-bond acceptors (Lipinski definition) is 6. The van der Waals surface area contributed by atoms with E-state index in [0.717, 1.165) is 11.1 Å². The highest BCUT2D eigenvalue weighted by atomic mass is 16.6. The van der Waals surface area contributed by atoms with Crippen LogP contribution >= 0.6 is 0 Å². The molecule has 0 aromatic heterocycles. The van der Waals surface area contributed by atoms with Crippen molar-refractivity contribution < 1.29 is 28.5 Å². The van der Waals surface area contributed by atoms with Gasteiger partial charge in [0.1, 0.15) is 18.1 Å². The summed E-state index contributed by atoms with van der Waals surface area (Å²) in [7, 11) is 1.53. The third-order valence-corrected chi connectivity index (χ3v) is 3.39. The van der Waals surface area contributed by atoms with Crippen LogP contribution in [0.5, 0.6) is 11.5 Å². The summed E-state index contributed by atoms with van der Waals surface area (Å²) in [5, 5.41) is 0. The Kier molecular flexibility index (Phi) is 7.17. The Balaban J connectivity index is 1.84. The van der Waals surface area contributed by atoms with Gasteiger partial charge in [0.05, 0.1) is 12.2 Å². The molecule has 0 fully saturated rings. The molecule has 0 spiro atoms. The molecule has 6 heteroatoms. The third kappa shape index (κ3) is 6.22. The lowest BCUT2D eigenvalue weighted by Gasteiger charge is -2.09. The zero-order valence-corrected chi connectivity index (χ0v) is 15.1. The highest BCUT2D eigenvalue weighted by Gasteiger charge is 2.10. The Hall–Kier alpha value is -2.86. The summed E-state index contributed by atoms with van der Waals surface area (Å²) in [6, 6.07) is 11.8. The van der Waals surface area contributed by atoms with Crippen molar-refractivity contribution in [3.63, 3.8) is 0 Å². The largest absolute Gasteiger partial charge is 0.482 e. The monoisotopic (exact) mass is 358 g/mol. The molecule has 138 valence electrons. The molecule has 2 rings (SSSR count). The number of benzene rings is 2. The molecule has 2 aromatic carbocycles. The summed E-state index contributed by atoms with van der Waals surface area (Å²) in [6.07, 6.45) is 0. The van der Waals surface area contributed by atoms with Gasteiger partial charge in [-0.3, -0.25) is 0 Å². The second kappa shape index (κ2) is 9.58. The van der Waals surface area contributed by atoms with E-state index in [1.807, 2.05) is 32.0 Å². The molecule has 2 aromatic rings. The minimum atomic E-state index is -0.528. The average molecular weight is 358 g/mol. The number of rotatable bonds is 8. The molecule has 0 heterocycles. The Labute approximate surface area is 152 Å². The summed E-state index contributed by atoms with van der Waals surface area (Å²) >= 11 is 0. The second-order valence-electron chi connectivity index (χ2n) is 5.74. The van der Waals surface area contributed by atoms with Gasteiger partial charge in [0.25, 0.3) is 0 Å². The van der Waals surface area contributed by atoms with Crippen LogP contribution in [0.2, 0.25) is 0 Å². The maximum absolute atomic E-state index is 11.9. The van der Waals surface area contributed by atoms with Crippen LogP contribution in [0.4, 0.5) is 0 Å². The van der Waals surface area contributed by atoms with E-state index in [0.29, 0.717) is 23.7 Å². The molecule has 0 radical (unpaired) electrons. The van der Waals surface area contributed by atoms with Gasteiger partial charge < -0.3 is 18.9 Å². The van der Waals surface area contributed by atoms with Gasteiger partial charge in [-0.1, -0.05) is 6.07 Å². The summed E-state index contributed by atoms with van der Waals surface area (Å²) < 4.78 is 20.5. The Bertz CT molecular complexity index is 731. The highest BCUT2D eigenvalue weighted by Crippen LogP contribution is 2.17. The standard InChI is InChI=1S/C20H22O6/c1-14-10-15(2)12-18(11-14)25-13-19(21)26-17-6-4-16(5-7-17)20(22)24-9-8-23-3/h4-7,10-12H,8-9,13H2,1-3H3. The molecule has 0 bridgehead atoms. The predicted molar refractivity (Wildman–Crippen MR) is 95.6 cm³/mol. The first-order valence-corrected chi connectivity index (χ1v) is 8.16. The molecule has 6 nitrogen and oxygen atoms in total. The number of carbonyl (C=O) groups excluding carboxylic acids is 2. The van der Waals surface area contributed by atoms with E-state index in [4.69, 9.17) is 18.9 Å². The molecule has 0 unspecified atom stereocenters. The number of methoxy groups -OCH3 is 1. The maximum Gasteiger partial charge on any atom is 0.349 e. The van der Waals surface area contributed by atoms with Crippen LogP contribution in [-0.2, 0) is 14.3 Å². The predicted octanol–water partition coefficient (Wildman–Crippen LogP) is 3.09. The van der Waals surface area contributed by atoms with Crippen LogP contribution in [0.3, 0.4) is 0 Å². The van der Waals surface area contributed by atoms with E-state index in [2.05, 4.69) is 0 Å². The first kappa shape index (κ1) is 19.5. The lowest BCUT2D eigenvalue weighted by Crippen LogP contribution is -2.18. The summed E-state index contributed by atoms with van der Waals surface area (Å²) in [5.74, 6) is -0.0428. The van der Waals surface area contributed by atoms with Crippen molar-refractivity contribution >= 4 is 11.9 Å². The number of aryl methyl sites for hydroxylation is 2. The van der Waals surface area contributed by atoms with Gasteiger partial charge in [-0.15, -0.1) is 0 Å². The topological polar surface area (TPSA) is 71.1 Å². The van der Waals surface area contributed by atoms with Crippen LogP contribution in [0.1, 0.15) is 21.5 Å². The molecule has 26 heavy (non-hydrogen) atoms. The second-order valence-corrected chi connectivity index (χ2v) is 5.74. The fourth-order valence-corrected chi connectivity index (χ4v) is 2.28. The minimum absolute atomic E-state index is 0.182. The molecule has 0 N–H and O–H groups in total. The van der Waals surface area contributed by atoms with Crippen molar-refractivity contribution in [1.82, 2.24) is 0 Å². The van der Waals surface area contributed by atoms with Crippen molar-refractivity contribution in [2.75, 3.05) is 26.9 Å². The number of ether oxygens (including phenoxy) is 4. The Morgan fingerprint density at radius 3 is 2.15 bits per heavy atom. The lowest BCUT2D eigenvalue weighted by atomic mass is 10.1. The summed E-state index contributed by atoms with van der Waals surface area (Å²) in [5.41, 5.74) is 2.48. The van der Waals surface area contributed by atoms with Crippen molar-refractivity contribution in [3.8, 4) is 11.5 Å². The smallest absolute Gasteiger partial charge is 0.349 e. The highest BCUT2D eigenvalue weighted by molar-refractivity contribution is 5.89. The molecule has 0 aliphatic carbocycles. The normalized spacial score (nSPS) is 10.3.